The Morgan fingerprint density at radius 2 is 2.10 bits per heavy atom. The molecule has 4 N–H and O–H groups in total. The van der Waals surface area contributed by atoms with Gasteiger partial charge in [0, 0.05) is 18.5 Å². The highest BCUT2D eigenvalue weighted by molar-refractivity contribution is 7.88. The Hall–Kier alpha value is -1.72. The molecule has 0 bridgehead atoms. The fourth-order valence-electron chi connectivity index (χ4n) is 1.31. The second kappa shape index (κ2) is 7.33. The van der Waals surface area contributed by atoms with Crippen molar-refractivity contribution >= 4 is 33.4 Å². The minimum atomic E-state index is -3.28. The summed E-state index contributed by atoms with van der Waals surface area (Å²) in [4.78, 5) is 26.1. The number of carboxylic acids is 1. The van der Waals surface area contributed by atoms with Gasteiger partial charge in [-0.05, 0) is 6.92 Å². The number of nitrogens with one attached hydrogen (secondary N) is 3. The van der Waals surface area contributed by atoms with Crippen LogP contribution in [0.4, 0.5) is 4.79 Å². The highest BCUT2D eigenvalue weighted by Gasteiger charge is 2.15. The van der Waals surface area contributed by atoms with Gasteiger partial charge in [-0.1, -0.05) is 0 Å². The van der Waals surface area contributed by atoms with Crippen LogP contribution < -0.4 is 15.4 Å². The van der Waals surface area contributed by atoms with Crippen LogP contribution in [0.5, 0.6) is 0 Å². The lowest BCUT2D eigenvalue weighted by Gasteiger charge is -2.12. The van der Waals surface area contributed by atoms with E-state index in [1.807, 2.05) is 0 Å². The predicted molar refractivity (Wildman–Crippen MR) is 76.9 cm³/mol. The van der Waals surface area contributed by atoms with E-state index in [-0.39, 0.29) is 18.8 Å². The third-order valence-corrected chi connectivity index (χ3v) is 3.99. The normalized spacial score (nSPS) is 12.7. The first-order valence-corrected chi connectivity index (χ1v) is 8.64. The minimum Gasteiger partial charge on any atom is -0.476 e. The number of carboxylic acid groups (broad SMARTS) is 1. The van der Waals surface area contributed by atoms with Gasteiger partial charge in [0.1, 0.15) is 5.01 Å². The molecule has 0 spiro atoms. The van der Waals surface area contributed by atoms with Crippen LogP contribution in [0, 0.1) is 0 Å². The SMILES string of the molecule is CC(NC(=O)NCCNS(C)(=O)=O)c1nc(C(=O)O)cs1. The first kappa shape index (κ1) is 17.3. The molecule has 1 unspecified atom stereocenters. The maximum absolute atomic E-state index is 11.6. The first-order valence-electron chi connectivity index (χ1n) is 5.87. The van der Waals surface area contributed by atoms with Crippen molar-refractivity contribution in [3.05, 3.63) is 16.1 Å². The van der Waals surface area contributed by atoms with Gasteiger partial charge < -0.3 is 15.7 Å². The summed E-state index contributed by atoms with van der Waals surface area (Å²) >= 11 is 1.13. The van der Waals surface area contributed by atoms with Crippen LogP contribution in [0.2, 0.25) is 0 Å². The summed E-state index contributed by atoms with van der Waals surface area (Å²) in [5.41, 5.74) is -0.0681. The smallest absolute Gasteiger partial charge is 0.355 e. The van der Waals surface area contributed by atoms with Crippen molar-refractivity contribution in [2.45, 2.75) is 13.0 Å². The summed E-state index contributed by atoms with van der Waals surface area (Å²) in [5, 5.41) is 15.7. The average molecular weight is 336 g/mol. The Bertz CT molecular complexity index is 613. The molecule has 1 rings (SSSR count). The minimum absolute atomic E-state index is 0.0681. The average Bonchev–Trinajstić information content (AvgIpc) is 2.83. The van der Waals surface area contributed by atoms with Gasteiger partial charge in [-0.3, -0.25) is 0 Å². The fourth-order valence-corrected chi connectivity index (χ4v) is 2.58. The molecule has 0 aliphatic rings. The van der Waals surface area contributed by atoms with E-state index in [9.17, 15) is 18.0 Å². The number of carbonyl (C=O) groups excluding carboxylic acids is 1. The molecule has 0 aliphatic carbocycles. The number of hydrogen-bond acceptors (Lipinski definition) is 6. The number of rotatable bonds is 7. The Labute approximate surface area is 125 Å². The number of urea groups is 1. The molecular formula is C10H16N4O5S2. The van der Waals surface area contributed by atoms with Crippen LogP contribution in [0.3, 0.4) is 0 Å². The highest BCUT2D eigenvalue weighted by atomic mass is 32.2. The van der Waals surface area contributed by atoms with Crippen molar-refractivity contribution in [3.8, 4) is 0 Å². The van der Waals surface area contributed by atoms with Crippen LogP contribution >= 0.6 is 11.3 Å². The van der Waals surface area contributed by atoms with Crippen LogP contribution in [0.25, 0.3) is 0 Å². The number of aromatic nitrogens is 1. The molecule has 0 aromatic carbocycles. The highest BCUT2D eigenvalue weighted by Crippen LogP contribution is 2.17. The van der Waals surface area contributed by atoms with Crippen molar-refractivity contribution in [2.24, 2.45) is 0 Å². The molecular weight excluding hydrogens is 320 g/mol. The molecule has 1 aromatic heterocycles. The van der Waals surface area contributed by atoms with Gasteiger partial charge in [-0.2, -0.15) is 0 Å². The quantitative estimate of drug-likeness (QED) is 0.507. The number of carbonyl (C=O) groups is 2. The Balaban J connectivity index is 2.38. The molecule has 1 heterocycles. The van der Waals surface area contributed by atoms with Gasteiger partial charge in [0.25, 0.3) is 0 Å². The summed E-state index contributed by atoms with van der Waals surface area (Å²) in [7, 11) is -3.28. The van der Waals surface area contributed by atoms with Crippen LogP contribution in [0.15, 0.2) is 5.38 Å². The van der Waals surface area contributed by atoms with Crippen molar-refractivity contribution in [2.75, 3.05) is 19.3 Å². The molecule has 2 amide bonds. The molecule has 0 radical (unpaired) electrons. The molecule has 21 heavy (non-hydrogen) atoms. The van der Waals surface area contributed by atoms with E-state index < -0.39 is 28.1 Å². The van der Waals surface area contributed by atoms with Crippen molar-refractivity contribution < 1.29 is 23.1 Å². The number of aromatic carboxylic acids is 1. The van der Waals surface area contributed by atoms with E-state index in [1.54, 1.807) is 6.92 Å². The van der Waals surface area contributed by atoms with E-state index in [0.29, 0.717) is 5.01 Å². The molecule has 0 aliphatic heterocycles. The molecule has 0 saturated heterocycles. The summed E-state index contributed by atoms with van der Waals surface area (Å²) < 4.78 is 23.8. The molecule has 0 saturated carbocycles. The third-order valence-electron chi connectivity index (χ3n) is 2.23. The molecule has 1 aromatic rings. The lowest BCUT2D eigenvalue weighted by molar-refractivity contribution is 0.0691. The Morgan fingerprint density at radius 3 is 2.62 bits per heavy atom. The zero-order valence-corrected chi connectivity index (χ0v) is 13.0. The van der Waals surface area contributed by atoms with E-state index >= 15 is 0 Å². The van der Waals surface area contributed by atoms with E-state index in [0.717, 1.165) is 17.6 Å². The maximum Gasteiger partial charge on any atom is 0.355 e. The van der Waals surface area contributed by atoms with Crippen LogP contribution in [-0.2, 0) is 10.0 Å². The van der Waals surface area contributed by atoms with Gasteiger partial charge in [0.05, 0.1) is 12.3 Å². The van der Waals surface area contributed by atoms with Gasteiger partial charge >= 0.3 is 12.0 Å². The Morgan fingerprint density at radius 1 is 1.43 bits per heavy atom. The Kier molecular flexibility index (Phi) is 6.05. The monoisotopic (exact) mass is 336 g/mol. The predicted octanol–water partition coefficient (Wildman–Crippen LogP) is -0.249. The molecule has 11 heteroatoms. The number of amides is 2. The number of hydrogen-bond donors (Lipinski definition) is 4. The van der Waals surface area contributed by atoms with E-state index in [1.165, 1.54) is 5.38 Å². The molecule has 118 valence electrons. The lowest BCUT2D eigenvalue weighted by atomic mass is 10.3. The van der Waals surface area contributed by atoms with Crippen LogP contribution in [-0.4, -0.2) is 49.9 Å². The third kappa shape index (κ3) is 6.51. The first-order chi connectivity index (χ1) is 9.69. The van der Waals surface area contributed by atoms with E-state index in [4.69, 9.17) is 5.11 Å². The van der Waals surface area contributed by atoms with Gasteiger partial charge in [-0.15, -0.1) is 11.3 Å². The number of nitrogens with zero attached hydrogens (tertiary/aromatic N) is 1. The molecule has 1 atom stereocenters. The summed E-state index contributed by atoms with van der Waals surface area (Å²) in [6.07, 6.45) is 1.03. The lowest BCUT2D eigenvalue weighted by Crippen LogP contribution is -2.41. The fraction of sp³-hybridized carbons (Fsp3) is 0.500. The zero-order chi connectivity index (χ0) is 16.0. The van der Waals surface area contributed by atoms with Gasteiger partial charge in [0.2, 0.25) is 10.0 Å². The number of thiazole rings is 1. The number of sulfonamides is 1. The second-order valence-electron chi connectivity index (χ2n) is 4.16. The maximum atomic E-state index is 11.6. The zero-order valence-electron chi connectivity index (χ0n) is 11.4. The summed E-state index contributed by atoms with van der Waals surface area (Å²) in [6.45, 7) is 1.88. The molecule has 0 fully saturated rings. The van der Waals surface area contributed by atoms with Crippen molar-refractivity contribution in [3.63, 3.8) is 0 Å². The van der Waals surface area contributed by atoms with Gasteiger partial charge in [0.15, 0.2) is 5.69 Å². The van der Waals surface area contributed by atoms with E-state index in [2.05, 4.69) is 20.3 Å². The standard InChI is InChI=1S/C10H16N4O5S2/c1-6(8-14-7(5-20-8)9(15)16)13-10(17)11-3-4-12-21(2,18)19/h5-6,12H,3-4H2,1-2H3,(H,15,16)(H2,11,13,17). The van der Waals surface area contributed by atoms with Crippen molar-refractivity contribution in [1.29, 1.82) is 0 Å². The topological polar surface area (TPSA) is 137 Å². The van der Waals surface area contributed by atoms with Crippen LogP contribution in [0.1, 0.15) is 28.5 Å². The second-order valence-corrected chi connectivity index (χ2v) is 6.89. The largest absolute Gasteiger partial charge is 0.476 e. The summed E-state index contributed by atoms with van der Waals surface area (Å²) in [5.74, 6) is -1.12. The summed E-state index contributed by atoms with van der Waals surface area (Å²) in [6, 6.07) is -0.948. The van der Waals surface area contributed by atoms with Crippen molar-refractivity contribution in [1.82, 2.24) is 20.3 Å². The molecule has 9 nitrogen and oxygen atoms in total. The van der Waals surface area contributed by atoms with Gasteiger partial charge in [-0.25, -0.2) is 27.7 Å².